The fraction of sp³-hybridized carbons (Fsp3) is 0.500. The number of ether oxygens (including phenoxy) is 11. The number of carbonyl (C=O) groups is 1. The Labute approximate surface area is 320 Å². The van der Waals surface area contributed by atoms with Gasteiger partial charge in [0.05, 0.1) is 126 Å². The van der Waals surface area contributed by atoms with Gasteiger partial charge in [0.25, 0.3) is 0 Å². The number of rotatable bonds is 35. The first-order valence-corrected chi connectivity index (χ1v) is 18.6. The van der Waals surface area contributed by atoms with Gasteiger partial charge in [-0.25, -0.2) is 4.79 Å². The van der Waals surface area contributed by atoms with E-state index < -0.39 is 11.6 Å². The molecule has 0 heterocycles. The van der Waals surface area contributed by atoms with E-state index in [1.54, 1.807) is 0 Å². The van der Waals surface area contributed by atoms with Crippen LogP contribution in [0.25, 0.3) is 0 Å². The smallest absolute Gasteiger partial charge is 0.330 e. The average molecular weight is 755 g/mol. The van der Waals surface area contributed by atoms with E-state index in [0.29, 0.717) is 126 Å². The van der Waals surface area contributed by atoms with Gasteiger partial charge in [-0.1, -0.05) is 97.6 Å². The molecular formula is C42H58O12. The van der Waals surface area contributed by atoms with Crippen LogP contribution in [0.15, 0.2) is 104 Å². The molecule has 0 unspecified atom stereocenters. The van der Waals surface area contributed by atoms with Crippen LogP contribution in [-0.2, 0) is 62.5 Å². The second-order valence-corrected chi connectivity index (χ2v) is 11.5. The van der Waals surface area contributed by atoms with Gasteiger partial charge in [0.2, 0.25) is 0 Å². The molecule has 0 saturated carbocycles. The van der Waals surface area contributed by atoms with E-state index in [0.717, 1.165) is 22.8 Å². The Balaban J connectivity index is 1.07. The number of hydrogen-bond acceptors (Lipinski definition) is 12. The Morgan fingerprint density at radius 2 is 0.630 bits per heavy atom. The number of hydrogen-bond donors (Lipinski definition) is 0. The average Bonchev–Trinajstić information content (AvgIpc) is 3.22. The maximum atomic E-state index is 10.9. The van der Waals surface area contributed by atoms with Crippen LogP contribution in [0.3, 0.4) is 0 Å². The van der Waals surface area contributed by atoms with Crippen LogP contribution in [0.5, 0.6) is 0 Å². The summed E-state index contributed by atoms with van der Waals surface area (Å²) in [4.78, 5) is 10.9. The van der Waals surface area contributed by atoms with Gasteiger partial charge in [-0.15, -0.1) is 0 Å². The lowest BCUT2D eigenvalue weighted by Crippen LogP contribution is -2.34. The van der Waals surface area contributed by atoms with Gasteiger partial charge >= 0.3 is 5.97 Å². The van der Waals surface area contributed by atoms with Crippen LogP contribution in [0.4, 0.5) is 0 Å². The normalized spacial score (nSPS) is 11.5. The lowest BCUT2D eigenvalue weighted by atomic mass is 9.80. The molecule has 0 fully saturated rings. The molecule has 0 spiro atoms. The molecule has 0 atom stereocenters. The van der Waals surface area contributed by atoms with Crippen LogP contribution >= 0.6 is 0 Å². The van der Waals surface area contributed by atoms with Crippen molar-refractivity contribution >= 4 is 5.97 Å². The largest absolute Gasteiger partial charge is 0.460 e. The highest BCUT2D eigenvalue weighted by Crippen LogP contribution is 2.40. The Bertz CT molecular complexity index is 1220. The predicted octanol–water partition coefficient (Wildman–Crippen LogP) is 4.87. The molecule has 298 valence electrons. The Morgan fingerprint density at radius 3 is 0.889 bits per heavy atom. The van der Waals surface area contributed by atoms with Crippen LogP contribution in [0, 0.1) is 0 Å². The van der Waals surface area contributed by atoms with E-state index in [1.165, 1.54) is 0 Å². The van der Waals surface area contributed by atoms with Crippen molar-refractivity contribution in [3.05, 3.63) is 120 Å². The molecule has 0 radical (unpaired) electrons. The van der Waals surface area contributed by atoms with Crippen molar-refractivity contribution in [2.45, 2.75) is 5.60 Å². The van der Waals surface area contributed by atoms with Crippen LogP contribution in [-0.4, -0.2) is 138 Å². The predicted molar refractivity (Wildman–Crippen MR) is 204 cm³/mol. The van der Waals surface area contributed by atoms with Crippen molar-refractivity contribution in [2.75, 3.05) is 132 Å². The first-order valence-electron chi connectivity index (χ1n) is 18.6. The summed E-state index contributed by atoms with van der Waals surface area (Å²) < 4.78 is 61.3. The molecular weight excluding hydrogens is 696 g/mol. The molecule has 0 aliphatic carbocycles. The molecule has 3 aromatic rings. The lowest BCUT2D eigenvalue weighted by Gasteiger charge is -2.36. The van der Waals surface area contributed by atoms with Crippen molar-refractivity contribution in [1.82, 2.24) is 0 Å². The molecule has 12 nitrogen and oxygen atoms in total. The van der Waals surface area contributed by atoms with E-state index in [1.807, 2.05) is 54.6 Å². The van der Waals surface area contributed by atoms with E-state index in [-0.39, 0.29) is 6.61 Å². The topological polar surface area (TPSA) is 119 Å². The third kappa shape index (κ3) is 19.2. The summed E-state index contributed by atoms with van der Waals surface area (Å²) in [5.41, 5.74) is 2.43. The minimum atomic E-state index is -0.756. The zero-order chi connectivity index (χ0) is 38.0. The molecule has 12 heteroatoms. The fourth-order valence-electron chi connectivity index (χ4n) is 5.14. The highest BCUT2D eigenvalue weighted by molar-refractivity contribution is 5.81. The summed E-state index contributed by atoms with van der Waals surface area (Å²) >= 11 is 0. The van der Waals surface area contributed by atoms with Crippen molar-refractivity contribution in [2.24, 2.45) is 0 Å². The SMILES string of the molecule is C=CC(=O)OCCOCCOCCOCCOCCOCCOCCOCCOCCOCCOC(c1ccccc1)(c1ccccc1)c1ccccc1. The molecule has 0 bridgehead atoms. The van der Waals surface area contributed by atoms with Gasteiger partial charge in [-0.3, -0.25) is 0 Å². The maximum absolute atomic E-state index is 10.9. The minimum absolute atomic E-state index is 0.195. The van der Waals surface area contributed by atoms with Crippen molar-refractivity contribution in [3.8, 4) is 0 Å². The third-order valence-electron chi connectivity index (χ3n) is 7.70. The molecule has 54 heavy (non-hydrogen) atoms. The van der Waals surface area contributed by atoms with E-state index >= 15 is 0 Å². The number of esters is 1. The van der Waals surface area contributed by atoms with Crippen molar-refractivity contribution < 1.29 is 56.9 Å². The van der Waals surface area contributed by atoms with Crippen LogP contribution in [0.1, 0.15) is 16.7 Å². The molecule has 3 rings (SSSR count). The first kappa shape index (κ1) is 44.9. The number of carbonyl (C=O) groups excluding carboxylic acids is 1. The summed E-state index contributed by atoms with van der Waals surface area (Å²) in [5, 5.41) is 0. The molecule has 0 aliphatic rings. The first-order chi connectivity index (χ1) is 26.8. The summed E-state index contributed by atoms with van der Waals surface area (Å²) in [6.07, 6.45) is 1.12. The highest BCUT2D eigenvalue weighted by atomic mass is 16.6. The number of benzene rings is 3. The van der Waals surface area contributed by atoms with Gasteiger partial charge in [0, 0.05) is 6.08 Å². The second-order valence-electron chi connectivity index (χ2n) is 11.5. The maximum Gasteiger partial charge on any atom is 0.330 e. The summed E-state index contributed by atoms with van der Waals surface area (Å²) in [6.45, 7) is 12.3. The molecule has 0 amide bonds. The monoisotopic (exact) mass is 754 g/mol. The Morgan fingerprint density at radius 1 is 0.389 bits per heavy atom. The molecule has 0 aromatic heterocycles. The summed E-state index contributed by atoms with van der Waals surface area (Å²) in [6, 6.07) is 30.9. The highest BCUT2D eigenvalue weighted by Gasteiger charge is 2.37. The molecule has 0 aliphatic heterocycles. The Kier molecular flexibility index (Phi) is 25.6. The minimum Gasteiger partial charge on any atom is -0.460 e. The van der Waals surface area contributed by atoms with Crippen molar-refractivity contribution in [3.63, 3.8) is 0 Å². The van der Waals surface area contributed by atoms with Gasteiger partial charge < -0.3 is 52.1 Å². The lowest BCUT2D eigenvalue weighted by molar-refractivity contribution is -0.139. The van der Waals surface area contributed by atoms with Gasteiger partial charge in [-0.05, 0) is 16.7 Å². The van der Waals surface area contributed by atoms with Gasteiger partial charge in [0.1, 0.15) is 12.2 Å². The van der Waals surface area contributed by atoms with Crippen molar-refractivity contribution in [1.29, 1.82) is 0 Å². The van der Waals surface area contributed by atoms with E-state index in [4.69, 9.17) is 52.1 Å². The van der Waals surface area contributed by atoms with E-state index in [2.05, 4.69) is 43.0 Å². The Hall–Kier alpha value is -3.53. The van der Waals surface area contributed by atoms with Gasteiger partial charge in [0.15, 0.2) is 0 Å². The summed E-state index contributed by atoms with van der Waals surface area (Å²) in [5.74, 6) is -0.460. The fourth-order valence-corrected chi connectivity index (χ4v) is 5.14. The summed E-state index contributed by atoms with van der Waals surface area (Å²) in [7, 11) is 0. The standard InChI is InChI=1S/C42H58O12/c1-2-41(43)53-36-34-51-32-30-49-28-26-47-24-22-45-20-18-44-19-21-46-23-25-48-27-29-50-31-33-52-35-37-54-42(38-12-6-3-7-13-38,39-14-8-4-9-15-39)40-16-10-5-11-17-40/h2-17H,1,18-37H2. The molecule has 3 aromatic carbocycles. The molecule has 0 N–H and O–H groups in total. The van der Waals surface area contributed by atoms with Gasteiger partial charge in [-0.2, -0.15) is 0 Å². The zero-order valence-corrected chi connectivity index (χ0v) is 31.5. The van der Waals surface area contributed by atoms with Crippen LogP contribution < -0.4 is 0 Å². The second kappa shape index (κ2) is 30.8. The third-order valence-corrected chi connectivity index (χ3v) is 7.70. The molecule has 0 saturated heterocycles. The van der Waals surface area contributed by atoms with E-state index in [9.17, 15) is 4.79 Å². The zero-order valence-electron chi connectivity index (χ0n) is 31.5. The van der Waals surface area contributed by atoms with Crippen LogP contribution in [0.2, 0.25) is 0 Å². The quantitative estimate of drug-likeness (QED) is 0.0353.